The smallest absolute Gasteiger partial charge is 0.266 e. The van der Waals surface area contributed by atoms with Crippen LogP contribution in [0.5, 0.6) is 11.5 Å². The SMILES string of the molecule is CC[C@H]1CSC(=Nc2ccc(OC)cc2)N1C(=O)COc1cc(C)ccc1C(C)C. The second-order valence-corrected chi connectivity index (χ2v) is 8.70. The van der Waals surface area contributed by atoms with Gasteiger partial charge in [0.15, 0.2) is 11.8 Å². The number of nitrogens with zero attached hydrogens (tertiary/aromatic N) is 2. The van der Waals surface area contributed by atoms with Crippen LogP contribution in [-0.2, 0) is 4.79 Å². The van der Waals surface area contributed by atoms with Crippen molar-refractivity contribution in [2.24, 2.45) is 4.99 Å². The van der Waals surface area contributed by atoms with E-state index in [2.05, 4.69) is 32.9 Å². The van der Waals surface area contributed by atoms with Gasteiger partial charge in [0.2, 0.25) is 0 Å². The van der Waals surface area contributed by atoms with Crippen LogP contribution in [-0.4, -0.2) is 41.5 Å². The molecule has 3 rings (SSSR count). The molecule has 1 atom stereocenters. The lowest BCUT2D eigenvalue weighted by molar-refractivity contribution is -0.130. The summed E-state index contributed by atoms with van der Waals surface area (Å²) in [6.07, 6.45) is 0.877. The number of rotatable bonds is 7. The molecule has 0 saturated carbocycles. The van der Waals surface area contributed by atoms with Gasteiger partial charge in [-0.15, -0.1) is 0 Å². The summed E-state index contributed by atoms with van der Waals surface area (Å²) in [5, 5.41) is 0.731. The van der Waals surface area contributed by atoms with E-state index in [1.165, 1.54) is 0 Å². The van der Waals surface area contributed by atoms with E-state index >= 15 is 0 Å². The number of amidine groups is 1. The monoisotopic (exact) mass is 426 g/mol. The van der Waals surface area contributed by atoms with E-state index in [0.717, 1.165) is 45.7 Å². The van der Waals surface area contributed by atoms with Gasteiger partial charge < -0.3 is 9.47 Å². The van der Waals surface area contributed by atoms with E-state index < -0.39 is 0 Å². The van der Waals surface area contributed by atoms with Crippen molar-refractivity contribution in [1.82, 2.24) is 4.90 Å². The zero-order chi connectivity index (χ0) is 21.7. The van der Waals surface area contributed by atoms with E-state index in [1.807, 2.05) is 37.3 Å². The normalized spacial score (nSPS) is 17.6. The molecule has 0 aromatic heterocycles. The number of carbonyl (C=O) groups excluding carboxylic acids is 1. The Bertz CT molecular complexity index is 909. The number of hydrogen-bond donors (Lipinski definition) is 0. The molecule has 2 aromatic carbocycles. The van der Waals surface area contributed by atoms with Crippen molar-refractivity contribution >= 4 is 28.5 Å². The van der Waals surface area contributed by atoms with Gasteiger partial charge in [-0.1, -0.05) is 44.7 Å². The van der Waals surface area contributed by atoms with Crippen molar-refractivity contribution in [3.8, 4) is 11.5 Å². The Kier molecular flexibility index (Phi) is 7.43. The lowest BCUT2D eigenvalue weighted by atomic mass is 10.0. The van der Waals surface area contributed by atoms with Gasteiger partial charge >= 0.3 is 0 Å². The van der Waals surface area contributed by atoms with Crippen LogP contribution in [0.1, 0.15) is 44.2 Å². The van der Waals surface area contributed by atoms with Gasteiger partial charge in [-0.25, -0.2) is 4.99 Å². The summed E-state index contributed by atoms with van der Waals surface area (Å²) in [4.78, 5) is 19.7. The Morgan fingerprint density at radius 1 is 1.23 bits per heavy atom. The highest BCUT2D eigenvalue weighted by Crippen LogP contribution is 2.31. The molecule has 5 nitrogen and oxygen atoms in total. The van der Waals surface area contributed by atoms with Gasteiger partial charge in [0.1, 0.15) is 11.5 Å². The fraction of sp³-hybridized carbons (Fsp3) is 0.417. The Balaban J connectivity index is 1.78. The standard InChI is InChI=1S/C24H30N2O3S/c1-6-19-15-30-24(25-18-8-10-20(28-5)11-9-18)26(19)23(27)14-29-22-13-17(4)7-12-21(22)16(2)3/h7-13,16,19H,6,14-15H2,1-5H3/t19-/m0/s1. The number of benzene rings is 2. The first-order valence-electron chi connectivity index (χ1n) is 10.3. The first-order chi connectivity index (χ1) is 14.4. The van der Waals surface area contributed by atoms with E-state index in [4.69, 9.17) is 14.5 Å². The molecule has 30 heavy (non-hydrogen) atoms. The Labute approximate surface area is 183 Å². The highest BCUT2D eigenvalue weighted by molar-refractivity contribution is 8.14. The molecule has 1 aliphatic rings. The predicted molar refractivity (Wildman–Crippen MR) is 124 cm³/mol. The number of hydrogen-bond acceptors (Lipinski definition) is 5. The first-order valence-corrected chi connectivity index (χ1v) is 11.3. The summed E-state index contributed by atoms with van der Waals surface area (Å²) in [5.41, 5.74) is 3.03. The molecule has 0 bridgehead atoms. The molecule has 1 saturated heterocycles. The molecule has 0 spiro atoms. The fourth-order valence-corrected chi connectivity index (χ4v) is 4.67. The van der Waals surface area contributed by atoms with Gasteiger partial charge in [0, 0.05) is 11.8 Å². The average Bonchev–Trinajstić information content (AvgIpc) is 3.15. The lowest BCUT2D eigenvalue weighted by Gasteiger charge is -2.23. The van der Waals surface area contributed by atoms with Gasteiger partial charge in [0.25, 0.3) is 5.91 Å². The molecular weight excluding hydrogens is 396 g/mol. The summed E-state index contributed by atoms with van der Waals surface area (Å²) >= 11 is 1.62. The third kappa shape index (κ3) is 5.17. The molecule has 1 amide bonds. The van der Waals surface area contributed by atoms with E-state index in [9.17, 15) is 4.79 Å². The molecule has 0 aliphatic carbocycles. The minimum atomic E-state index is -0.0599. The number of aryl methyl sites for hydroxylation is 1. The number of carbonyl (C=O) groups is 1. The molecule has 6 heteroatoms. The molecule has 0 unspecified atom stereocenters. The zero-order valence-electron chi connectivity index (χ0n) is 18.3. The molecular formula is C24H30N2O3S. The number of methoxy groups -OCH3 is 1. The third-order valence-corrected chi connectivity index (χ3v) is 6.25. The maximum absolute atomic E-state index is 13.1. The molecule has 0 radical (unpaired) electrons. The molecule has 1 fully saturated rings. The molecule has 160 valence electrons. The number of aliphatic imine (C=N–C) groups is 1. The fourth-order valence-electron chi connectivity index (χ4n) is 3.39. The molecule has 0 N–H and O–H groups in total. The highest BCUT2D eigenvalue weighted by Gasteiger charge is 2.34. The molecule has 1 heterocycles. The van der Waals surface area contributed by atoms with Crippen LogP contribution in [0.15, 0.2) is 47.5 Å². The Hall–Kier alpha value is -2.47. The van der Waals surface area contributed by atoms with Crippen molar-refractivity contribution < 1.29 is 14.3 Å². The number of amides is 1. The first kappa shape index (κ1) is 22.2. The summed E-state index contributed by atoms with van der Waals surface area (Å²) in [6, 6.07) is 13.8. The highest BCUT2D eigenvalue weighted by atomic mass is 32.2. The second-order valence-electron chi connectivity index (χ2n) is 7.71. The minimum absolute atomic E-state index is 0.00185. The van der Waals surface area contributed by atoms with Crippen molar-refractivity contribution in [2.75, 3.05) is 19.5 Å². The van der Waals surface area contributed by atoms with Gasteiger partial charge in [0.05, 0.1) is 12.8 Å². The van der Waals surface area contributed by atoms with Crippen LogP contribution in [0.3, 0.4) is 0 Å². The van der Waals surface area contributed by atoms with Crippen LogP contribution >= 0.6 is 11.8 Å². The Morgan fingerprint density at radius 2 is 1.97 bits per heavy atom. The van der Waals surface area contributed by atoms with E-state index in [-0.39, 0.29) is 18.6 Å². The predicted octanol–water partition coefficient (Wildman–Crippen LogP) is 5.55. The van der Waals surface area contributed by atoms with Crippen molar-refractivity contribution in [2.45, 2.75) is 46.1 Å². The van der Waals surface area contributed by atoms with Gasteiger partial charge in [-0.2, -0.15) is 0 Å². The lowest BCUT2D eigenvalue weighted by Crippen LogP contribution is -2.41. The topological polar surface area (TPSA) is 51.1 Å². The van der Waals surface area contributed by atoms with Crippen LogP contribution in [0.25, 0.3) is 0 Å². The van der Waals surface area contributed by atoms with Crippen molar-refractivity contribution in [3.05, 3.63) is 53.6 Å². The molecule has 2 aromatic rings. The largest absolute Gasteiger partial charge is 0.497 e. The summed E-state index contributed by atoms with van der Waals surface area (Å²) in [5.74, 6) is 2.68. The summed E-state index contributed by atoms with van der Waals surface area (Å²) in [7, 11) is 1.64. The zero-order valence-corrected chi connectivity index (χ0v) is 19.2. The average molecular weight is 427 g/mol. The van der Waals surface area contributed by atoms with Crippen LogP contribution in [0, 0.1) is 6.92 Å². The Morgan fingerprint density at radius 3 is 2.60 bits per heavy atom. The summed E-state index contributed by atoms with van der Waals surface area (Å²) in [6.45, 7) is 8.39. The van der Waals surface area contributed by atoms with Crippen molar-refractivity contribution in [3.63, 3.8) is 0 Å². The van der Waals surface area contributed by atoms with Gasteiger partial charge in [-0.05, 0) is 60.7 Å². The van der Waals surface area contributed by atoms with E-state index in [1.54, 1.807) is 23.8 Å². The minimum Gasteiger partial charge on any atom is -0.497 e. The molecule has 1 aliphatic heterocycles. The van der Waals surface area contributed by atoms with Crippen LogP contribution in [0.4, 0.5) is 5.69 Å². The number of thioether (sulfide) groups is 1. The van der Waals surface area contributed by atoms with Crippen molar-refractivity contribution in [1.29, 1.82) is 0 Å². The summed E-state index contributed by atoms with van der Waals surface area (Å²) < 4.78 is 11.2. The number of ether oxygens (including phenoxy) is 2. The maximum Gasteiger partial charge on any atom is 0.266 e. The second kappa shape index (κ2) is 10.0. The maximum atomic E-state index is 13.1. The third-order valence-electron chi connectivity index (χ3n) is 5.16. The quantitative estimate of drug-likeness (QED) is 0.583. The van der Waals surface area contributed by atoms with Gasteiger partial charge in [-0.3, -0.25) is 9.69 Å². The van der Waals surface area contributed by atoms with Crippen LogP contribution in [0.2, 0.25) is 0 Å². The van der Waals surface area contributed by atoms with Crippen LogP contribution < -0.4 is 9.47 Å². The van der Waals surface area contributed by atoms with E-state index in [0.29, 0.717) is 5.92 Å².